The zero-order chi connectivity index (χ0) is 45.4. The molecule has 354 valence electrons. The number of esters is 2. The number of unbranched alkanes of at least 4 members (excludes halogenated alkanes) is 25. The molecule has 0 heterocycles. The summed E-state index contributed by atoms with van der Waals surface area (Å²) in [6, 6.07) is 5.85. The van der Waals surface area contributed by atoms with Gasteiger partial charge >= 0.3 is 11.9 Å². The van der Waals surface area contributed by atoms with Gasteiger partial charge in [0.2, 0.25) is 0 Å². The van der Waals surface area contributed by atoms with Gasteiger partial charge in [0.15, 0.2) is 6.10 Å². The summed E-state index contributed by atoms with van der Waals surface area (Å²) in [5, 5.41) is 15.0. The van der Waals surface area contributed by atoms with Crippen LogP contribution in [-0.2, 0) is 34.6 Å². The molecule has 0 bridgehead atoms. The Hall–Kier alpha value is -3.24. The van der Waals surface area contributed by atoms with Crippen molar-refractivity contribution in [3.05, 3.63) is 62.5 Å². The predicted molar refractivity (Wildman–Crippen MR) is 248 cm³/mol. The van der Waals surface area contributed by atoms with Gasteiger partial charge in [-0.05, 0) is 50.5 Å². The van der Waals surface area contributed by atoms with Crippen LogP contribution in [0.1, 0.15) is 212 Å². The Kier molecular flexibility index (Phi) is 36.0. The van der Waals surface area contributed by atoms with E-state index in [1.807, 2.05) is 0 Å². The van der Waals surface area contributed by atoms with Gasteiger partial charge in [-0.15, -0.1) is 0 Å². The summed E-state index contributed by atoms with van der Waals surface area (Å²) in [4.78, 5) is 52.8. The molecule has 0 aliphatic rings. The summed E-state index contributed by atoms with van der Waals surface area (Å²) in [6.45, 7) is 3.41. The van der Waals surface area contributed by atoms with Crippen LogP contribution in [-0.4, -0.2) is 48.4 Å². The quantitative estimate of drug-likeness (QED) is 0.00705. The van der Waals surface area contributed by atoms with E-state index in [0.29, 0.717) is 12.8 Å². The Morgan fingerprint density at radius 2 is 1.11 bits per heavy atom. The van der Waals surface area contributed by atoms with E-state index in [1.165, 1.54) is 127 Å². The summed E-state index contributed by atoms with van der Waals surface area (Å²) in [6.07, 6.45) is 33.6. The van der Waals surface area contributed by atoms with Crippen LogP contribution < -0.4 is 4.89 Å². The number of ether oxygens (including phenoxy) is 2. The first-order valence-corrected chi connectivity index (χ1v) is 26.1. The van der Waals surface area contributed by atoms with Crippen LogP contribution >= 0.6 is 7.60 Å². The molecule has 1 rings (SSSR count). The van der Waals surface area contributed by atoms with Gasteiger partial charge < -0.3 is 23.5 Å². The average molecular weight is 890 g/mol. The average Bonchev–Trinajstić information content (AvgIpc) is 3.26. The van der Waals surface area contributed by atoms with E-state index in [4.69, 9.17) is 19.5 Å². The molecule has 0 aromatic heterocycles. The minimum Gasteiger partial charge on any atom is -0.778 e. The van der Waals surface area contributed by atoms with Crippen LogP contribution in [0.15, 0.2) is 41.5 Å². The molecule has 0 radical (unpaired) electrons. The van der Waals surface area contributed by atoms with Gasteiger partial charge in [-0.25, -0.2) is 0 Å². The first kappa shape index (κ1) is 56.8. The highest BCUT2D eigenvalue weighted by Gasteiger charge is 2.30. The maximum atomic E-state index is 13.1. The highest BCUT2D eigenvalue weighted by molar-refractivity contribution is 7.51. The number of nitrogens with zero attached hydrogens (tertiary/aromatic N) is 4. The molecule has 0 saturated heterocycles. The monoisotopic (exact) mass is 890 g/mol. The Balaban J connectivity index is 2.65. The normalized spacial score (nSPS) is 13.3. The first-order valence-electron chi connectivity index (χ1n) is 24.3. The largest absolute Gasteiger partial charge is 0.778 e. The zero-order valence-corrected chi connectivity index (χ0v) is 39.5. The van der Waals surface area contributed by atoms with Crippen LogP contribution in [0.2, 0.25) is 0 Å². The minimum absolute atomic E-state index is 0.0721. The number of hydrogen-bond acceptors (Lipinski definition) is 10. The number of azide groups is 1. The number of benzene rings is 1. The van der Waals surface area contributed by atoms with Crippen molar-refractivity contribution in [3.8, 4) is 0 Å². The summed E-state index contributed by atoms with van der Waals surface area (Å²) in [5.41, 5.74) is 9.13. The van der Waals surface area contributed by atoms with Gasteiger partial charge in [-0.3, -0.25) is 19.7 Å². The highest BCUT2D eigenvalue weighted by atomic mass is 31.2. The molecule has 0 fully saturated rings. The lowest BCUT2D eigenvalue weighted by Gasteiger charge is -2.30. The number of nitro benzene ring substituents is 1. The third kappa shape index (κ3) is 32.4. The topological polar surface area (TPSA) is 194 Å². The number of carbonyl (C=O) groups excluding carboxylic acids is 2. The molecule has 0 amide bonds. The lowest BCUT2D eigenvalue weighted by Crippen LogP contribution is -2.40. The van der Waals surface area contributed by atoms with Gasteiger partial charge in [0.05, 0.1) is 18.1 Å². The lowest BCUT2D eigenvalue weighted by atomic mass is 10.0. The van der Waals surface area contributed by atoms with E-state index in [1.54, 1.807) is 6.07 Å². The van der Waals surface area contributed by atoms with E-state index in [0.717, 1.165) is 57.8 Å². The second-order valence-electron chi connectivity index (χ2n) is 16.8. The van der Waals surface area contributed by atoms with Crippen LogP contribution in [0.5, 0.6) is 0 Å². The number of aryl methyl sites for hydroxylation is 1. The smallest absolute Gasteiger partial charge is 0.306 e. The molecule has 14 heteroatoms. The van der Waals surface area contributed by atoms with Gasteiger partial charge in [-0.1, -0.05) is 191 Å². The van der Waals surface area contributed by atoms with Crippen molar-refractivity contribution in [2.24, 2.45) is 5.11 Å². The van der Waals surface area contributed by atoms with E-state index < -0.39 is 56.0 Å². The molecular weight excluding hydrogens is 808 g/mol. The number of nitro groups is 1. The lowest BCUT2D eigenvalue weighted by molar-refractivity contribution is -0.385. The summed E-state index contributed by atoms with van der Waals surface area (Å²) in [7, 11) is -4.62. The van der Waals surface area contributed by atoms with Crippen LogP contribution in [0.3, 0.4) is 0 Å². The Morgan fingerprint density at radius 1 is 0.694 bits per heavy atom. The molecule has 0 spiro atoms. The van der Waals surface area contributed by atoms with E-state index in [2.05, 4.69) is 36.0 Å². The minimum atomic E-state index is -4.62. The second kappa shape index (κ2) is 39.4. The van der Waals surface area contributed by atoms with Gasteiger partial charge in [0, 0.05) is 35.5 Å². The Bertz CT molecular complexity index is 1440. The number of carbonyl (C=O) groups is 2. The number of hydrogen-bond donors (Lipinski definition) is 0. The summed E-state index contributed by atoms with van der Waals surface area (Å²) < 4.78 is 29.7. The van der Waals surface area contributed by atoms with Crippen LogP contribution in [0.25, 0.3) is 10.4 Å². The van der Waals surface area contributed by atoms with Crippen molar-refractivity contribution >= 4 is 25.2 Å². The number of rotatable bonds is 43. The fraction of sp³-hybridized carbons (Fsp3) is 0.792. The molecule has 3 atom stereocenters. The molecule has 0 aliphatic heterocycles. The zero-order valence-electron chi connectivity index (χ0n) is 38.6. The van der Waals surface area contributed by atoms with Gasteiger partial charge in [0.25, 0.3) is 5.69 Å². The molecule has 0 saturated carbocycles. The SMILES string of the molecule is CCCCCCCC/C=C\CCCCCCCC(=O)O[C@@H](COP(=O)([O-])CCc1ccccc1[N+](=O)[O-])[C@H](CN=[N+]=[N-])OC(=O)CCCCCCCCCCCCCCCCC. The highest BCUT2D eigenvalue weighted by Crippen LogP contribution is 2.39. The third-order valence-corrected chi connectivity index (χ3v) is 12.5. The maximum absolute atomic E-state index is 13.1. The molecule has 62 heavy (non-hydrogen) atoms. The summed E-state index contributed by atoms with van der Waals surface area (Å²) in [5.74, 6) is -1.18. The molecule has 1 aromatic rings. The van der Waals surface area contributed by atoms with Crippen molar-refractivity contribution in [1.82, 2.24) is 0 Å². The Labute approximate surface area is 374 Å². The van der Waals surface area contributed by atoms with Gasteiger partial charge in [-0.2, -0.15) is 0 Å². The molecular formula is C48H82N4O9P-. The van der Waals surface area contributed by atoms with Crippen molar-refractivity contribution in [2.75, 3.05) is 19.3 Å². The number of para-hydroxylation sites is 1. The Morgan fingerprint density at radius 3 is 1.56 bits per heavy atom. The predicted octanol–water partition coefficient (Wildman–Crippen LogP) is 14.1. The van der Waals surface area contributed by atoms with E-state index in [9.17, 15) is 29.2 Å². The maximum Gasteiger partial charge on any atom is 0.306 e. The first-order chi connectivity index (χ1) is 30.1. The second-order valence-corrected chi connectivity index (χ2v) is 18.7. The van der Waals surface area contributed by atoms with Crippen molar-refractivity contribution in [3.63, 3.8) is 0 Å². The number of allylic oxidation sites excluding steroid dienone is 2. The molecule has 0 N–H and O–H groups in total. The summed E-state index contributed by atoms with van der Waals surface area (Å²) >= 11 is 0. The molecule has 1 aromatic carbocycles. The molecule has 0 aliphatic carbocycles. The molecule has 1 unspecified atom stereocenters. The van der Waals surface area contributed by atoms with Crippen molar-refractivity contribution in [1.29, 1.82) is 0 Å². The van der Waals surface area contributed by atoms with E-state index >= 15 is 0 Å². The van der Waals surface area contributed by atoms with Crippen LogP contribution in [0.4, 0.5) is 5.69 Å². The molecule has 13 nitrogen and oxygen atoms in total. The van der Waals surface area contributed by atoms with E-state index in [-0.39, 0.29) is 30.5 Å². The standard InChI is InChI=1S/C48H83N4O9P/c1-3-5-7-9-11-13-15-17-19-21-23-25-27-29-31-37-47(53)60-45(41-50-51-49)46(42-59-62(57,58)40-39-43-35-33-34-36-44(43)52(55)56)61-48(54)38-32-30-28-26-24-22-20-18-16-14-12-10-8-6-4-2/h18,20,33-36,45-46H,3-17,19,21-32,37-42H2,1-2H3,(H,57,58)/p-1/b20-18-/t45-,46-/m0/s1. The van der Waals surface area contributed by atoms with Crippen molar-refractivity contribution < 1.29 is 38.0 Å². The fourth-order valence-corrected chi connectivity index (χ4v) is 8.43. The van der Waals surface area contributed by atoms with Gasteiger partial charge in [0.1, 0.15) is 13.7 Å². The fourth-order valence-electron chi connectivity index (χ4n) is 7.41. The van der Waals surface area contributed by atoms with Crippen molar-refractivity contribution in [2.45, 2.75) is 225 Å². The third-order valence-electron chi connectivity index (χ3n) is 11.2. The van der Waals surface area contributed by atoms with Crippen LogP contribution in [0, 0.1) is 10.1 Å².